The Morgan fingerprint density at radius 2 is 2.00 bits per heavy atom. The average Bonchev–Trinajstić information content (AvgIpc) is 2.79. The van der Waals surface area contributed by atoms with Crippen LogP contribution in [0.25, 0.3) is 0 Å². The van der Waals surface area contributed by atoms with Crippen LogP contribution in [0.5, 0.6) is 5.75 Å². The first kappa shape index (κ1) is 12.6. The van der Waals surface area contributed by atoms with E-state index in [0.29, 0.717) is 19.0 Å². The Morgan fingerprint density at radius 3 is 2.78 bits per heavy atom. The summed E-state index contributed by atoms with van der Waals surface area (Å²) in [5.41, 5.74) is 3.06. The highest BCUT2D eigenvalue weighted by Gasteiger charge is 2.06. The summed E-state index contributed by atoms with van der Waals surface area (Å²) in [5, 5.41) is 3.92. The first-order valence-electron chi connectivity index (χ1n) is 5.82. The van der Waals surface area contributed by atoms with Gasteiger partial charge in [-0.25, -0.2) is 0 Å². The fourth-order valence-electron chi connectivity index (χ4n) is 1.65. The van der Waals surface area contributed by atoms with Crippen LogP contribution in [0.1, 0.15) is 22.6 Å². The third-order valence-corrected chi connectivity index (χ3v) is 2.61. The Kier molecular flexibility index (Phi) is 3.99. The number of nitrogens with zero attached hydrogens (tertiary/aromatic N) is 1. The zero-order chi connectivity index (χ0) is 13.0. The molecule has 0 bridgehead atoms. The second-order valence-electron chi connectivity index (χ2n) is 4.28. The number of hydrogen-bond donors (Lipinski definition) is 0. The van der Waals surface area contributed by atoms with Crippen LogP contribution in [-0.2, 0) is 18.0 Å². The molecule has 0 saturated carbocycles. The molecule has 2 rings (SSSR count). The number of aryl methyl sites for hydroxylation is 2. The molecular formula is C14H17NO3. The van der Waals surface area contributed by atoms with Gasteiger partial charge in [0.1, 0.15) is 24.7 Å². The molecule has 0 N–H and O–H groups in total. The molecule has 0 aliphatic heterocycles. The summed E-state index contributed by atoms with van der Waals surface area (Å²) in [5.74, 6) is 1.59. The van der Waals surface area contributed by atoms with E-state index in [4.69, 9.17) is 14.0 Å². The Balaban J connectivity index is 1.99. The largest absolute Gasteiger partial charge is 0.487 e. The van der Waals surface area contributed by atoms with E-state index in [1.165, 1.54) is 5.56 Å². The number of ether oxygens (including phenoxy) is 2. The molecule has 0 amide bonds. The minimum Gasteiger partial charge on any atom is -0.487 e. The molecule has 1 aromatic heterocycles. The number of rotatable bonds is 5. The van der Waals surface area contributed by atoms with Crippen molar-refractivity contribution in [3.05, 3.63) is 46.8 Å². The van der Waals surface area contributed by atoms with Gasteiger partial charge in [0.05, 0.1) is 0 Å². The van der Waals surface area contributed by atoms with Gasteiger partial charge in [-0.2, -0.15) is 0 Å². The van der Waals surface area contributed by atoms with Crippen molar-refractivity contribution in [2.75, 3.05) is 7.11 Å². The molecule has 0 fully saturated rings. The summed E-state index contributed by atoms with van der Waals surface area (Å²) in [4.78, 5) is 0. The van der Waals surface area contributed by atoms with Crippen molar-refractivity contribution < 1.29 is 14.0 Å². The summed E-state index contributed by atoms with van der Waals surface area (Å²) < 4.78 is 15.8. The predicted octanol–water partition coefficient (Wildman–Crippen LogP) is 3.02. The molecule has 0 saturated heterocycles. The van der Waals surface area contributed by atoms with Crippen molar-refractivity contribution >= 4 is 0 Å². The van der Waals surface area contributed by atoms with Crippen LogP contribution in [0.4, 0.5) is 0 Å². The highest BCUT2D eigenvalue weighted by atomic mass is 16.5. The van der Waals surface area contributed by atoms with Crippen molar-refractivity contribution in [1.82, 2.24) is 5.16 Å². The van der Waals surface area contributed by atoms with E-state index in [2.05, 4.69) is 11.2 Å². The first-order valence-corrected chi connectivity index (χ1v) is 5.82. The van der Waals surface area contributed by atoms with Crippen LogP contribution in [0.2, 0.25) is 0 Å². The summed E-state index contributed by atoms with van der Waals surface area (Å²) in [6.45, 7) is 4.89. The van der Waals surface area contributed by atoms with Gasteiger partial charge >= 0.3 is 0 Å². The second-order valence-corrected chi connectivity index (χ2v) is 4.28. The molecule has 0 aliphatic carbocycles. The van der Waals surface area contributed by atoms with Gasteiger partial charge in [-0.3, -0.25) is 0 Å². The van der Waals surface area contributed by atoms with Crippen LogP contribution < -0.4 is 4.74 Å². The molecular weight excluding hydrogens is 230 g/mol. The lowest BCUT2D eigenvalue weighted by molar-refractivity contribution is 0.155. The first-order chi connectivity index (χ1) is 8.69. The van der Waals surface area contributed by atoms with Gasteiger partial charge in [0.25, 0.3) is 0 Å². The lowest BCUT2D eigenvalue weighted by atomic mass is 10.1. The van der Waals surface area contributed by atoms with Gasteiger partial charge < -0.3 is 14.0 Å². The Labute approximate surface area is 107 Å². The standard InChI is InChI=1S/C14H17NO3/c1-10-4-5-11(2)14(6-10)17-8-12-7-13(9-16-3)18-15-12/h4-7H,8-9H2,1-3H3. The number of methoxy groups -OCH3 is 1. The summed E-state index contributed by atoms with van der Waals surface area (Å²) in [6, 6.07) is 7.97. The van der Waals surface area contributed by atoms with Gasteiger partial charge in [0, 0.05) is 13.2 Å². The van der Waals surface area contributed by atoms with Gasteiger partial charge in [0.15, 0.2) is 5.76 Å². The fourth-order valence-corrected chi connectivity index (χ4v) is 1.65. The van der Waals surface area contributed by atoms with E-state index < -0.39 is 0 Å². The maximum absolute atomic E-state index is 5.73. The molecule has 1 aromatic carbocycles. The van der Waals surface area contributed by atoms with E-state index in [-0.39, 0.29) is 0 Å². The van der Waals surface area contributed by atoms with Crippen molar-refractivity contribution in [2.24, 2.45) is 0 Å². The minimum atomic E-state index is 0.400. The topological polar surface area (TPSA) is 44.5 Å². The van der Waals surface area contributed by atoms with Crippen LogP contribution in [0.15, 0.2) is 28.8 Å². The van der Waals surface area contributed by atoms with E-state index >= 15 is 0 Å². The van der Waals surface area contributed by atoms with E-state index in [9.17, 15) is 0 Å². The summed E-state index contributed by atoms with van der Waals surface area (Å²) in [7, 11) is 1.62. The highest BCUT2D eigenvalue weighted by Crippen LogP contribution is 2.20. The van der Waals surface area contributed by atoms with Crippen LogP contribution in [0.3, 0.4) is 0 Å². The second kappa shape index (κ2) is 5.69. The van der Waals surface area contributed by atoms with E-state index in [1.54, 1.807) is 7.11 Å². The van der Waals surface area contributed by atoms with E-state index in [1.807, 2.05) is 32.0 Å². The van der Waals surface area contributed by atoms with Crippen LogP contribution in [0, 0.1) is 13.8 Å². The molecule has 2 aromatic rings. The van der Waals surface area contributed by atoms with Gasteiger partial charge in [-0.05, 0) is 31.0 Å². The van der Waals surface area contributed by atoms with Crippen molar-refractivity contribution in [3.8, 4) is 5.75 Å². The maximum atomic E-state index is 5.73. The maximum Gasteiger partial charge on any atom is 0.162 e. The van der Waals surface area contributed by atoms with Gasteiger partial charge in [-0.1, -0.05) is 17.3 Å². The average molecular weight is 247 g/mol. The van der Waals surface area contributed by atoms with Crippen LogP contribution >= 0.6 is 0 Å². The molecule has 0 aliphatic rings. The molecule has 4 nitrogen and oxygen atoms in total. The van der Waals surface area contributed by atoms with Crippen molar-refractivity contribution in [2.45, 2.75) is 27.1 Å². The predicted molar refractivity (Wildman–Crippen MR) is 67.5 cm³/mol. The molecule has 0 radical (unpaired) electrons. The third-order valence-electron chi connectivity index (χ3n) is 2.61. The molecule has 4 heteroatoms. The smallest absolute Gasteiger partial charge is 0.162 e. The highest BCUT2D eigenvalue weighted by molar-refractivity contribution is 5.36. The Bertz CT molecular complexity index is 520. The number of benzene rings is 1. The zero-order valence-corrected chi connectivity index (χ0v) is 10.9. The SMILES string of the molecule is COCc1cc(COc2cc(C)ccc2C)no1. The lowest BCUT2D eigenvalue weighted by Gasteiger charge is -2.08. The van der Waals surface area contributed by atoms with Gasteiger partial charge in [0.2, 0.25) is 0 Å². The molecule has 1 heterocycles. The minimum absolute atomic E-state index is 0.400. The van der Waals surface area contributed by atoms with Crippen molar-refractivity contribution in [1.29, 1.82) is 0 Å². The molecule has 18 heavy (non-hydrogen) atoms. The normalized spacial score (nSPS) is 10.6. The van der Waals surface area contributed by atoms with Crippen molar-refractivity contribution in [3.63, 3.8) is 0 Å². The molecule has 0 unspecified atom stereocenters. The molecule has 96 valence electrons. The lowest BCUT2D eigenvalue weighted by Crippen LogP contribution is -1.97. The fraction of sp³-hybridized carbons (Fsp3) is 0.357. The Morgan fingerprint density at radius 1 is 1.17 bits per heavy atom. The quantitative estimate of drug-likeness (QED) is 0.814. The Hall–Kier alpha value is -1.81. The van der Waals surface area contributed by atoms with Gasteiger partial charge in [-0.15, -0.1) is 0 Å². The summed E-state index contributed by atoms with van der Waals surface area (Å²) >= 11 is 0. The molecule has 0 atom stereocenters. The third kappa shape index (κ3) is 3.11. The van der Waals surface area contributed by atoms with Crippen LogP contribution in [-0.4, -0.2) is 12.3 Å². The number of hydrogen-bond acceptors (Lipinski definition) is 4. The number of aromatic nitrogens is 1. The zero-order valence-electron chi connectivity index (χ0n) is 10.9. The van der Waals surface area contributed by atoms with E-state index in [0.717, 1.165) is 17.0 Å². The summed E-state index contributed by atoms with van der Waals surface area (Å²) in [6.07, 6.45) is 0. The molecule has 0 spiro atoms. The monoisotopic (exact) mass is 247 g/mol.